The van der Waals surface area contributed by atoms with Gasteiger partial charge in [0.05, 0.1) is 11.1 Å². The highest BCUT2D eigenvalue weighted by atomic mass is 32.2. The van der Waals surface area contributed by atoms with E-state index in [2.05, 4.69) is 4.98 Å². The minimum Gasteiger partial charge on any atom is -0.337 e. The topological polar surface area (TPSA) is 128 Å². The van der Waals surface area contributed by atoms with Crippen LogP contribution in [-0.2, 0) is 26.7 Å². The van der Waals surface area contributed by atoms with E-state index in [1.165, 1.54) is 22.9 Å². The third-order valence-corrected chi connectivity index (χ3v) is 4.99. The number of amides is 2. The number of carbonyl (C=O) groups excluding carboxylic acids is 3. The maximum Gasteiger partial charge on any atom is 0.347 e. The smallest absolute Gasteiger partial charge is 0.337 e. The van der Waals surface area contributed by atoms with Crippen molar-refractivity contribution < 1.29 is 27.6 Å². The average molecular weight is 378 g/mol. The molecule has 0 bridgehead atoms. The van der Waals surface area contributed by atoms with Crippen LogP contribution in [0.15, 0.2) is 35.5 Å². The van der Waals surface area contributed by atoms with E-state index >= 15 is 0 Å². The Balaban J connectivity index is 1.65. The van der Waals surface area contributed by atoms with Crippen LogP contribution in [-0.4, -0.2) is 47.4 Å². The fourth-order valence-electron chi connectivity index (χ4n) is 2.27. The van der Waals surface area contributed by atoms with Crippen LogP contribution in [0.3, 0.4) is 0 Å². The first-order chi connectivity index (χ1) is 12.2. The third-order valence-electron chi connectivity index (χ3n) is 3.72. The quantitative estimate of drug-likeness (QED) is 0.711. The van der Waals surface area contributed by atoms with E-state index < -0.39 is 34.4 Å². The van der Waals surface area contributed by atoms with Crippen LogP contribution in [0.2, 0.25) is 0 Å². The molecule has 0 saturated heterocycles. The number of imide groups is 1. The maximum atomic E-state index is 12.1. The van der Waals surface area contributed by atoms with Crippen molar-refractivity contribution in [1.29, 1.82) is 0 Å². The number of benzene rings is 1. The number of hydroxylamine groups is 2. The van der Waals surface area contributed by atoms with E-state index in [1.54, 1.807) is 26.1 Å². The first-order valence-electron chi connectivity index (χ1n) is 7.39. The predicted octanol–water partition coefficient (Wildman–Crippen LogP) is -0.239. The van der Waals surface area contributed by atoms with Crippen molar-refractivity contribution in [2.24, 2.45) is 7.05 Å². The third kappa shape index (κ3) is 3.09. The molecule has 11 heteroatoms. The SMILES string of the molecule is Cc1nc(S(=O)(=O)NCC(=O)ON2C(=O)c3ccccc3C2=O)cn1C. The molecule has 3 rings (SSSR count). The molecule has 2 aromatic rings. The zero-order chi connectivity index (χ0) is 19.1. The van der Waals surface area contributed by atoms with Gasteiger partial charge in [0.2, 0.25) is 0 Å². The summed E-state index contributed by atoms with van der Waals surface area (Å²) < 4.78 is 27.7. The molecule has 10 nitrogen and oxygen atoms in total. The molecular formula is C15H14N4O6S. The second-order valence-corrected chi connectivity index (χ2v) is 7.19. The van der Waals surface area contributed by atoms with Crippen molar-refractivity contribution in [3.05, 3.63) is 47.4 Å². The highest BCUT2D eigenvalue weighted by Gasteiger charge is 2.38. The summed E-state index contributed by atoms with van der Waals surface area (Å²) in [7, 11) is -2.42. The lowest BCUT2D eigenvalue weighted by molar-refractivity contribution is -0.166. The zero-order valence-electron chi connectivity index (χ0n) is 13.8. The molecule has 0 fully saturated rings. The van der Waals surface area contributed by atoms with Gasteiger partial charge in [0, 0.05) is 13.2 Å². The Bertz CT molecular complexity index is 972. The lowest BCUT2D eigenvalue weighted by Crippen LogP contribution is -2.38. The molecule has 1 aliphatic heterocycles. The molecule has 0 saturated carbocycles. The van der Waals surface area contributed by atoms with Crippen LogP contribution in [0.1, 0.15) is 26.5 Å². The van der Waals surface area contributed by atoms with Gasteiger partial charge in [-0.1, -0.05) is 17.2 Å². The summed E-state index contributed by atoms with van der Waals surface area (Å²) in [6.07, 6.45) is 1.28. The van der Waals surface area contributed by atoms with E-state index in [9.17, 15) is 22.8 Å². The van der Waals surface area contributed by atoms with Crippen LogP contribution in [0.4, 0.5) is 0 Å². The summed E-state index contributed by atoms with van der Waals surface area (Å²) in [6, 6.07) is 5.99. The minimum atomic E-state index is -4.04. The van der Waals surface area contributed by atoms with E-state index in [0.29, 0.717) is 10.9 Å². The predicted molar refractivity (Wildman–Crippen MR) is 86.2 cm³/mol. The Morgan fingerprint density at radius 3 is 2.27 bits per heavy atom. The summed E-state index contributed by atoms with van der Waals surface area (Å²) in [5, 5.41) is 0.0534. The maximum absolute atomic E-state index is 12.1. The van der Waals surface area contributed by atoms with Gasteiger partial charge >= 0.3 is 5.97 Å². The molecule has 136 valence electrons. The fraction of sp³-hybridized carbons (Fsp3) is 0.200. The van der Waals surface area contributed by atoms with Crippen molar-refractivity contribution in [1.82, 2.24) is 19.3 Å². The van der Waals surface area contributed by atoms with Gasteiger partial charge in [-0.2, -0.15) is 4.72 Å². The van der Waals surface area contributed by atoms with Gasteiger partial charge in [-0.25, -0.2) is 18.2 Å². The standard InChI is InChI=1S/C15H14N4O6S/c1-9-17-12(8-18(9)2)26(23,24)16-7-13(20)25-19-14(21)10-5-3-4-6-11(10)15(19)22/h3-6,8,16H,7H2,1-2H3. The molecule has 1 aromatic heterocycles. The summed E-state index contributed by atoms with van der Waals surface area (Å²) in [4.78, 5) is 44.6. The van der Waals surface area contributed by atoms with Gasteiger partial charge in [0.15, 0.2) is 5.03 Å². The molecule has 1 aliphatic rings. The average Bonchev–Trinajstić information content (AvgIpc) is 3.07. The number of aromatic nitrogens is 2. The number of imidazole rings is 1. The summed E-state index contributed by atoms with van der Waals surface area (Å²) in [6.45, 7) is 0.848. The molecule has 0 atom stereocenters. The summed E-state index contributed by atoms with van der Waals surface area (Å²) >= 11 is 0. The van der Waals surface area contributed by atoms with E-state index in [0.717, 1.165) is 0 Å². The lowest BCUT2D eigenvalue weighted by Gasteiger charge is -2.12. The number of aryl methyl sites for hydroxylation is 2. The van der Waals surface area contributed by atoms with Crippen LogP contribution < -0.4 is 4.72 Å². The lowest BCUT2D eigenvalue weighted by atomic mass is 10.1. The van der Waals surface area contributed by atoms with Gasteiger partial charge in [-0.3, -0.25) is 9.59 Å². The molecular weight excluding hydrogens is 364 g/mol. The van der Waals surface area contributed by atoms with Gasteiger partial charge in [-0.15, -0.1) is 0 Å². The zero-order valence-corrected chi connectivity index (χ0v) is 14.6. The minimum absolute atomic E-state index is 0.106. The number of nitrogens with zero attached hydrogens (tertiary/aromatic N) is 3. The Morgan fingerprint density at radius 1 is 1.19 bits per heavy atom. The fourth-order valence-corrected chi connectivity index (χ4v) is 3.27. The molecule has 26 heavy (non-hydrogen) atoms. The van der Waals surface area contributed by atoms with Crippen molar-refractivity contribution in [2.75, 3.05) is 6.54 Å². The van der Waals surface area contributed by atoms with Crippen LogP contribution in [0.25, 0.3) is 0 Å². The highest BCUT2D eigenvalue weighted by Crippen LogP contribution is 2.22. The van der Waals surface area contributed by atoms with Gasteiger partial charge in [0.1, 0.15) is 12.4 Å². The van der Waals surface area contributed by atoms with Crippen LogP contribution in [0.5, 0.6) is 0 Å². The van der Waals surface area contributed by atoms with Crippen LogP contribution >= 0.6 is 0 Å². The number of rotatable bonds is 5. The first-order valence-corrected chi connectivity index (χ1v) is 8.87. The number of nitrogens with one attached hydrogen (secondary N) is 1. The van der Waals surface area contributed by atoms with Gasteiger partial charge < -0.3 is 9.40 Å². The molecule has 1 N–H and O–H groups in total. The second kappa shape index (κ2) is 6.35. The number of fused-ring (bicyclic) bond motifs is 1. The summed E-state index contributed by atoms with van der Waals surface area (Å²) in [5.74, 6) is -2.22. The Labute approximate surface area is 148 Å². The number of carbonyl (C=O) groups is 3. The number of hydrogen-bond donors (Lipinski definition) is 1. The Morgan fingerprint density at radius 2 is 1.77 bits per heavy atom. The molecule has 2 amide bonds. The second-order valence-electron chi connectivity index (χ2n) is 5.48. The monoisotopic (exact) mass is 378 g/mol. The molecule has 0 spiro atoms. The normalized spacial score (nSPS) is 13.8. The molecule has 1 aromatic carbocycles. The van der Waals surface area contributed by atoms with Crippen molar-refractivity contribution in [3.8, 4) is 0 Å². The largest absolute Gasteiger partial charge is 0.347 e. The Hall–Kier alpha value is -3.05. The van der Waals surface area contributed by atoms with Crippen molar-refractivity contribution >= 4 is 27.8 Å². The number of hydrogen-bond acceptors (Lipinski definition) is 7. The molecule has 0 aliphatic carbocycles. The van der Waals surface area contributed by atoms with Crippen LogP contribution in [0, 0.1) is 6.92 Å². The highest BCUT2D eigenvalue weighted by molar-refractivity contribution is 7.89. The van der Waals surface area contributed by atoms with Crippen molar-refractivity contribution in [3.63, 3.8) is 0 Å². The summed E-state index contributed by atoms with van der Waals surface area (Å²) in [5.41, 5.74) is 0.213. The van der Waals surface area contributed by atoms with E-state index in [-0.39, 0.29) is 16.2 Å². The molecule has 2 heterocycles. The first kappa shape index (κ1) is 17.8. The number of sulfonamides is 1. The van der Waals surface area contributed by atoms with Gasteiger partial charge in [-0.05, 0) is 19.1 Å². The molecule has 0 radical (unpaired) electrons. The Kier molecular flexibility index (Phi) is 4.34. The van der Waals surface area contributed by atoms with E-state index in [4.69, 9.17) is 4.84 Å². The van der Waals surface area contributed by atoms with Crippen molar-refractivity contribution in [2.45, 2.75) is 11.9 Å². The molecule has 0 unspecified atom stereocenters. The van der Waals surface area contributed by atoms with Gasteiger partial charge in [0.25, 0.3) is 21.8 Å². The van der Waals surface area contributed by atoms with E-state index in [1.807, 2.05) is 4.72 Å².